The van der Waals surface area contributed by atoms with Crippen LogP contribution >= 0.6 is 0 Å². The molecule has 7 nitrogen and oxygen atoms in total. The molecule has 220 valence electrons. The second kappa shape index (κ2) is 13.7. The highest BCUT2D eigenvalue weighted by Gasteiger charge is 2.29. The highest BCUT2D eigenvalue weighted by Crippen LogP contribution is 2.32. The number of nitrogens with one attached hydrogen (secondary N) is 1. The zero-order chi connectivity index (χ0) is 29.5. The van der Waals surface area contributed by atoms with Crippen LogP contribution in [0.4, 0.5) is 0 Å². The van der Waals surface area contributed by atoms with Crippen molar-refractivity contribution in [2.75, 3.05) is 26.4 Å². The molecule has 3 aromatic carbocycles. The van der Waals surface area contributed by atoms with Crippen LogP contribution in [0.3, 0.4) is 0 Å². The topological polar surface area (TPSA) is 71.1 Å². The van der Waals surface area contributed by atoms with E-state index in [-0.39, 0.29) is 24.6 Å². The van der Waals surface area contributed by atoms with Crippen molar-refractivity contribution in [1.29, 1.82) is 0 Å². The fraction of sp³-hybridized carbons (Fsp3) is 0.371. The van der Waals surface area contributed by atoms with Crippen LogP contribution in [-0.4, -0.2) is 54.1 Å². The Kier molecular flexibility index (Phi) is 9.59. The summed E-state index contributed by atoms with van der Waals surface area (Å²) in [5.41, 5.74) is 4.19. The van der Waals surface area contributed by atoms with Crippen LogP contribution in [0.5, 0.6) is 11.5 Å². The molecule has 0 bridgehead atoms. The Bertz CT molecular complexity index is 1380. The average Bonchev–Trinajstić information content (AvgIpc) is 3.50. The molecular formula is C35H41N3O4. The van der Waals surface area contributed by atoms with Gasteiger partial charge >= 0.3 is 0 Å². The van der Waals surface area contributed by atoms with E-state index >= 15 is 0 Å². The summed E-state index contributed by atoms with van der Waals surface area (Å²) in [7, 11) is 0. The highest BCUT2D eigenvalue weighted by atomic mass is 16.7. The largest absolute Gasteiger partial charge is 0.454 e. The van der Waals surface area contributed by atoms with Crippen molar-refractivity contribution in [1.82, 2.24) is 15.1 Å². The number of carbonyl (C=O) groups is 2. The second-order valence-corrected chi connectivity index (χ2v) is 11.6. The maximum Gasteiger partial charge on any atom is 0.254 e. The van der Waals surface area contributed by atoms with E-state index in [4.69, 9.17) is 9.47 Å². The molecule has 1 N–H and O–H groups in total. The molecule has 7 heteroatoms. The first kappa shape index (κ1) is 29.4. The summed E-state index contributed by atoms with van der Waals surface area (Å²) >= 11 is 0. The fourth-order valence-corrected chi connectivity index (χ4v) is 5.48. The number of piperidine rings is 1. The summed E-state index contributed by atoms with van der Waals surface area (Å²) in [6.45, 7) is 12.6. The molecule has 0 spiro atoms. The summed E-state index contributed by atoms with van der Waals surface area (Å²) in [5, 5.41) is 2.98. The van der Waals surface area contributed by atoms with Crippen LogP contribution in [0, 0.1) is 5.92 Å². The number of hydrogen-bond acceptors (Lipinski definition) is 5. The van der Waals surface area contributed by atoms with E-state index in [1.165, 1.54) is 6.42 Å². The first-order chi connectivity index (χ1) is 20.4. The van der Waals surface area contributed by atoms with Gasteiger partial charge in [0, 0.05) is 43.3 Å². The lowest BCUT2D eigenvalue weighted by atomic mass is 9.99. The SMILES string of the molecule is C=Cc1ccc(C(=O)N(Cc2ccc(C(=O)NCc3ccc4c(c3)OCO4)cc2)C2CCN(CCC(C)C)CC2)cc1. The van der Waals surface area contributed by atoms with Gasteiger partial charge in [-0.15, -0.1) is 0 Å². The van der Waals surface area contributed by atoms with E-state index in [2.05, 4.69) is 30.6 Å². The Labute approximate surface area is 249 Å². The third-order valence-electron chi connectivity index (χ3n) is 8.13. The molecule has 2 aliphatic heterocycles. The van der Waals surface area contributed by atoms with Gasteiger partial charge < -0.3 is 24.6 Å². The minimum Gasteiger partial charge on any atom is -0.454 e. The molecule has 2 amide bonds. The van der Waals surface area contributed by atoms with Crippen molar-refractivity contribution in [3.63, 3.8) is 0 Å². The van der Waals surface area contributed by atoms with Crippen LogP contribution in [-0.2, 0) is 13.1 Å². The van der Waals surface area contributed by atoms with Crippen LogP contribution in [0.2, 0.25) is 0 Å². The molecule has 0 aromatic heterocycles. The molecule has 0 saturated carbocycles. The van der Waals surface area contributed by atoms with E-state index in [0.717, 1.165) is 54.9 Å². The first-order valence-corrected chi connectivity index (χ1v) is 14.9. The Morgan fingerprint density at radius 3 is 2.31 bits per heavy atom. The maximum atomic E-state index is 13.8. The molecule has 0 aliphatic carbocycles. The number of benzene rings is 3. The van der Waals surface area contributed by atoms with Gasteiger partial charge in [-0.25, -0.2) is 0 Å². The summed E-state index contributed by atoms with van der Waals surface area (Å²) in [5.74, 6) is 2.00. The Morgan fingerprint density at radius 1 is 0.952 bits per heavy atom. The summed E-state index contributed by atoms with van der Waals surface area (Å²) in [6, 6.07) is 21.0. The number of hydrogen-bond donors (Lipinski definition) is 1. The molecule has 2 aliphatic rings. The zero-order valence-electron chi connectivity index (χ0n) is 24.7. The predicted octanol–water partition coefficient (Wildman–Crippen LogP) is 6.14. The molecule has 0 unspecified atom stereocenters. The molecule has 5 rings (SSSR count). The fourth-order valence-electron chi connectivity index (χ4n) is 5.48. The monoisotopic (exact) mass is 567 g/mol. The number of fused-ring (bicyclic) bond motifs is 1. The van der Waals surface area contributed by atoms with Crippen LogP contribution in [0.25, 0.3) is 6.08 Å². The van der Waals surface area contributed by atoms with Crippen LogP contribution in [0.15, 0.2) is 73.3 Å². The average molecular weight is 568 g/mol. The van der Waals surface area contributed by atoms with E-state index in [1.807, 2.05) is 71.6 Å². The van der Waals surface area contributed by atoms with Gasteiger partial charge in [0.2, 0.25) is 6.79 Å². The first-order valence-electron chi connectivity index (χ1n) is 14.9. The normalized spacial score (nSPS) is 15.0. The molecule has 3 aromatic rings. The third-order valence-corrected chi connectivity index (χ3v) is 8.13. The number of amides is 2. The Balaban J connectivity index is 1.24. The number of ether oxygens (including phenoxy) is 2. The van der Waals surface area contributed by atoms with Gasteiger partial charge in [-0.1, -0.05) is 56.8 Å². The van der Waals surface area contributed by atoms with E-state index < -0.39 is 0 Å². The van der Waals surface area contributed by atoms with Crippen molar-refractivity contribution in [2.24, 2.45) is 5.92 Å². The van der Waals surface area contributed by atoms with E-state index in [9.17, 15) is 9.59 Å². The van der Waals surface area contributed by atoms with Crippen molar-refractivity contribution < 1.29 is 19.1 Å². The van der Waals surface area contributed by atoms with Gasteiger partial charge in [-0.3, -0.25) is 9.59 Å². The number of carbonyl (C=O) groups excluding carboxylic acids is 2. The second-order valence-electron chi connectivity index (χ2n) is 11.6. The molecule has 1 fully saturated rings. The molecule has 0 radical (unpaired) electrons. The number of likely N-dealkylation sites (tertiary alicyclic amines) is 1. The Morgan fingerprint density at radius 2 is 1.62 bits per heavy atom. The molecule has 42 heavy (non-hydrogen) atoms. The van der Waals surface area contributed by atoms with Crippen molar-refractivity contribution in [2.45, 2.75) is 52.2 Å². The molecule has 2 heterocycles. The number of nitrogens with zero attached hydrogens (tertiary/aromatic N) is 2. The lowest BCUT2D eigenvalue weighted by molar-refractivity contribution is 0.0546. The summed E-state index contributed by atoms with van der Waals surface area (Å²) < 4.78 is 10.8. The van der Waals surface area contributed by atoms with Gasteiger partial charge in [0.15, 0.2) is 11.5 Å². The predicted molar refractivity (Wildman–Crippen MR) is 166 cm³/mol. The van der Waals surface area contributed by atoms with Gasteiger partial charge in [0.05, 0.1) is 0 Å². The van der Waals surface area contributed by atoms with Gasteiger partial charge in [-0.05, 0) is 84.8 Å². The van der Waals surface area contributed by atoms with E-state index in [0.29, 0.717) is 35.9 Å². The van der Waals surface area contributed by atoms with Crippen molar-refractivity contribution >= 4 is 17.9 Å². The molecule has 0 atom stereocenters. The summed E-state index contributed by atoms with van der Waals surface area (Å²) in [4.78, 5) is 31.2. The zero-order valence-corrected chi connectivity index (χ0v) is 24.7. The lowest BCUT2D eigenvalue weighted by Gasteiger charge is -2.39. The van der Waals surface area contributed by atoms with Crippen molar-refractivity contribution in [3.8, 4) is 11.5 Å². The summed E-state index contributed by atoms with van der Waals surface area (Å²) in [6.07, 6.45) is 4.88. The van der Waals surface area contributed by atoms with Crippen LogP contribution in [0.1, 0.15) is 70.5 Å². The third kappa shape index (κ3) is 7.39. The van der Waals surface area contributed by atoms with Gasteiger partial charge in [0.1, 0.15) is 0 Å². The van der Waals surface area contributed by atoms with Crippen LogP contribution < -0.4 is 14.8 Å². The Hall–Kier alpha value is -4.10. The van der Waals surface area contributed by atoms with Gasteiger partial charge in [0.25, 0.3) is 11.8 Å². The molecular weight excluding hydrogens is 526 g/mol. The minimum atomic E-state index is -0.150. The smallest absolute Gasteiger partial charge is 0.254 e. The minimum absolute atomic E-state index is 0.0387. The lowest BCUT2D eigenvalue weighted by Crippen LogP contribution is -2.47. The highest BCUT2D eigenvalue weighted by molar-refractivity contribution is 5.95. The van der Waals surface area contributed by atoms with E-state index in [1.54, 1.807) is 6.08 Å². The van der Waals surface area contributed by atoms with Gasteiger partial charge in [-0.2, -0.15) is 0 Å². The number of rotatable bonds is 11. The molecule has 1 saturated heterocycles. The standard InChI is InChI=1S/C35H41N3O4/c1-4-26-5-12-30(13-6-26)35(40)38(31-16-19-37(20-17-31)18-15-25(2)3)23-27-7-10-29(11-8-27)34(39)36-22-28-9-14-32-33(21-28)42-24-41-32/h4-14,21,25,31H,1,15-20,22-24H2,2-3H3,(H,36,39). The van der Waals surface area contributed by atoms with Crippen molar-refractivity contribution in [3.05, 3.63) is 101 Å². The quantitative estimate of drug-likeness (QED) is 0.301. The maximum absolute atomic E-state index is 13.8.